The molecule has 0 saturated heterocycles. The van der Waals surface area contributed by atoms with Gasteiger partial charge < -0.3 is 20.7 Å². The van der Waals surface area contributed by atoms with Crippen LogP contribution in [0.1, 0.15) is 19.8 Å². The van der Waals surface area contributed by atoms with Crippen molar-refractivity contribution in [1.29, 1.82) is 0 Å². The van der Waals surface area contributed by atoms with Crippen LogP contribution in [0.5, 0.6) is 11.5 Å². The summed E-state index contributed by atoms with van der Waals surface area (Å²) < 4.78 is 18.8. The summed E-state index contributed by atoms with van der Waals surface area (Å²) in [7, 11) is 0. The van der Waals surface area contributed by atoms with Gasteiger partial charge in [-0.25, -0.2) is 14.2 Å². The summed E-state index contributed by atoms with van der Waals surface area (Å²) in [5.74, 6) is 1.73. The van der Waals surface area contributed by atoms with E-state index >= 15 is 0 Å². The monoisotopic (exact) mass is 394 g/mol. The SMILES string of the molecule is CCCCNc1cc(Oc2ccc(NC(=O)Nc3ccc(F)cc3)cc2)ccn1. The number of halogens is 1. The first-order chi connectivity index (χ1) is 14.1. The number of hydrogen-bond acceptors (Lipinski definition) is 4. The molecule has 0 unspecified atom stereocenters. The Kier molecular flexibility index (Phi) is 7.00. The van der Waals surface area contributed by atoms with Crippen molar-refractivity contribution in [3.8, 4) is 11.5 Å². The van der Waals surface area contributed by atoms with Crippen molar-refractivity contribution >= 4 is 23.2 Å². The molecule has 0 aliphatic heterocycles. The van der Waals surface area contributed by atoms with Crippen LogP contribution in [0.25, 0.3) is 0 Å². The third-order valence-electron chi connectivity index (χ3n) is 4.02. The normalized spacial score (nSPS) is 10.3. The first kappa shape index (κ1) is 20.1. The van der Waals surface area contributed by atoms with Gasteiger partial charge in [-0.05, 0) is 61.0 Å². The molecule has 3 rings (SSSR count). The van der Waals surface area contributed by atoms with Crippen molar-refractivity contribution in [3.63, 3.8) is 0 Å². The van der Waals surface area contributed by atoms with Crippen molar-refractivity contribution in [3.05, 3.63) is 72.7 Å². The van der Waals surface area contributed by atoms with Crippen LogP contribution in [-0.2, 0) is 0 Å². The molecule has 0 saturated carbocycles. The first-order valence-electron chi connectivity index (χ1n) is 9.44. The van der Waals surface area contributed by atoms with Crippen LogP contribution in [0.4, 0.5) is 26.4 Å². The fourth-order valence-corrected chi connectivity index (χ4v) is 2.53. The van der Waals surface area contributed by atoms with Gasteiger partial charge in [-0.2, -0.15) is 0 Å². The van der Waals surface area contributed by atoms with Crippen LogP contribution in [0.15, 0.2) is 66.9 Å². The molecule has 3 N–H and O–H groups in total. The minimum Gasteiger partial charge on any atom is -0.457 e. The Morgan fingerprint density at radius 1 is 0.966 bits per heavy atom. The van der Waals surface area contributed by atoms with Crippen molar-refractivity contribution < 1.29 is 13.9 Å². The summed E-state index contributed by atoms with van der Waals surface area (Å²) in [5.41, 5.74) is 1.11. The predicted molar refractivity (Wildman–Crippen MR) is 113 cm³/mol. The number of urea groups is 1. The van der Waals surface area contributed by atoms with E-state index < -0.39 is 6.03 Å². The summed E-state index contributed by atoms with van der Waals surface area (Å²) in [5, 5.41) is 8.61. The molecule has 1 aromatic heterocycles. The minimum absolute atomic E-state index is 0.357. The average molecular weight is 394 g/mol. The number of benzene rings is 2. The van der Waals surface area contributed by atoms with Crippen molar-refractivity contribution in [1.82, 2.24) is 4.98 Å². The molecule has 0 spiro atoms. The van der Waals surface area contributed by atoms with E-state index in [-0.39, 0.29) is 5.82 Å². The van der Waals surface area contributed by atoms with Crippen LogP contribution in [-0.4, -0.2) is 17.6 Å². The number of nitrogens with one attached hydrogen (secondary N) is 3. The zero-order valence-electron chi connectivity index (χ0n) is 16.1. The van der Waals surface area contributed by atoms with Gasteiger partial charge in [0.25, 0.3) is 0 Å². The van der Waals surface area contributed by atoms with Gasteiger partial charge in [0.1, 0.15) is 23.1 Å². The second-order valence-corrected chi connectivity index (χ2v) is 6.37. The molecule has 2 aromatic carbocycles. The molecule has 6 nitrogen and oxygen atoms in total. The number of hydrogen-bond donors (Lipinski definition) is 3. The maximum atomic E-state index is 12.9. The first-order valence-corrected chi connectivity index (χ1v) is 9.44. The van der Waals surface area contributed by atoms with Crippen LogP contribution in [0, 0.1) is 5.82 Å². The van der Waals surface area contributed by atoms with Gasteiger partial charge in [-0.3, -0.25) is 0 Å². The number of ether oxygens (including phenoxy) is 1. The Balaban J connectivity index is 1.54. The number of carbonyl (C=O) groups excluding carboxylic acids is 1. The van der Waals surface area contributed by atoms with Gasteiger partial charge in [0.2, 0.25) is 0 Å². The summed E-state index contributed by atoms with van der Waals surface area (Å²) in [6.45, 7) is 3.01. The lowest BCUT2D eigenvalue weighted by Crippen LogP contribution is -2.19. The number of aromatic nitrogens is 1. The molecular formula is C22H23FN4O2. The Morgan fingerprint density at radius 2 is 1.62 bits per heavy atom. The third kappa shape index (κ3) is 6.49. The smallest absolute Gasteiger partial charge is 0.323 e. The standard InChI is InChI=1S/C22H23FN4O2/c1-2-3-13-24-21-15-20(12-14-25-21)29-19-10-8-18(9-11-19)27-22(28)26-17-6-4-16(23)5-7-17/h4-12,14-15H,2-3,13H2,1H3,(H,24,25)(H2,26,27,28). The average Bonchev–Trinajstić information content (AvgIpc) is 2.72. The zero-order chi connectivity index (χ0) is 20.5. The van der Waals surface area contributed by atoms with Crippen LogP contribution in [0.3, 0.4) is 0 Å². The van der Waals surface area contributed by atoms with E-state index in [4.69, 9.17) is 4.74 Å². The Bertz CT molecular complexity index is 930. The predicted octanol–water partition coefficient (Wildman–Crippen LogP) is 5.87. The summed E-state index contributed by atoms with van der Waals surface area (Å²) in [6.07, 6.45) is 3.89. The summed E-state index contributed by atoms with van der Waals surface area (Å²) in [6, 6.07) is 15.8. The van der Waals surface area contributed by atoms with Gasteiger partial charge in [0, 0.05) is 30.2 Å². The molecule has 7 heteroatoms. The van der Waals surface area contributed by atoms with Crippen LogP contribution in [0.2, 0.25) is 0 Å². The fraction of sp³-hybridized carbons (Fsp3) is 0.182. The lowest BCUT2D eigenvalue weighted by Gasteiger charge is -2.10. The highest BCUT2D eigenvalue weighted by atomic mass is 19.1. The van der Waals surface area contributed by atoms with Crippen molar-refractivity contribution in [2.45, 2.75) is 19.8 Å². The van der Waals surface area contributed by atoms with Gasteiger partial charge in [0.15, 0.2) is 0 Å². The van der Waals surface area contributed by atoms with Crippen molar-refractivity contribution in [2.75, 3.05) is 22.5 Å². The minimum atomic E-state index is -0.415. The molecular weight excluding hydrogens is 371 g/mol. The molecule has 1 heterocycles. The van der Waals surface area contributed by atoms with E-state index in [2.05, 4.69) is 27.9 Å². The van der Waals surface area contributed by atoms with E-state index in [9.17, 15) is 9.18 Å². The molecule has 29 heavy (non-hydrogen) atoms. The zero-order valence-corrected chi connectivity index (χ0v) is 16.1. The molecule has 0 aliphatic carbocycles. The highest BCUT2D eigenvalue weighted by molar-refractivity contribution is 5.99. The maximum absolute atomic E-state index is 12.9. The van der Waals surface area contributed by atoms with E-state index in [0.29, 0.717) is 22.9 Å². The molecule has 2 amide bonds. The molecule has 0 bridgehead atoms. The molecule has 150 valence electrons. The van der Waals surface area contributed by atoms with Gasteiger partial charge in [-0.1, -0.05) is 13.3 Å². The molecule has 3 aromatic rings. The summed E-state index contributed by atoms with van der Waals surface area (Å²) >= 11 is 0. The number of pyridine rings is 1. The quantitative estimate of drug-likeness (QED) is 0.418. The van der Waals surface area contributed by atoms with E-state index in [0.717, 1.165) is 25.2 Å². The Labute approximate surface area is 169 Å². The fourth-order valence-electron chi connectivity index (χ4n) is 2.53. The van der Waals surface area contributed by atoms with Crippen molar-refractivity contribution in [2.24, 2.45) is 0 Å². The molecule has 0 fully saturated rings. The Hall–Kier alpha value is -3.61. The number of anilines is 3. The number of carbonyl (C=O) groups is 1. The second kappa shape index (κ2) is 10.1. The molecule has 0 radical (unpaired) electrons. The lowest BCUT2D eigenvalue weighted by molar-refractivity contribution is 0.262. The van der Waals surface area contributed by atoms with Gasteiger partial charge in [0.05, 0.1) is 0 Å². The van der Waals surface area contributed by atoms with E-state index in [1.165, 1.54) is 24.3 Å². The van der Waals surface area contributed by atoms with E-state index in [1.807, 2.05) is 6.07 Å². The highest BCUT2D eigenvalue weighted by Crippen LogP contribution is 2.24. The molecule has 0 atom stereocenters. The lowest BCUT2D eigenvalue weighted by atomic mass is 10.3. The van der Waals surface area contributed by atoms with Gasteiger partial charge in [-0.15, -0.1) is 0 Å². The number of unbranched alkanes of at least 4 members (excludes halogenated alkanes) is 1. The number of nitrogens with zero attached hydrogens (tertiary/aromatic N) is 1. The van der Waals surface area contributed by atoms with Gasteiger partial charge >= 0.3 is 6.03 Å². The van der Waals surface area contributed by atoms with Crippen LogP contribution < -0.4 is 20.7 Å². The molecule has 0 aliphatic rings. The largest absolute Gasteiger partial charge is 0.457 e. The topological polar surface area (TPSA) is 75.3 Å². The number of rotatable bonds is 8. The Morgan fingerprint density at radius 3 is 2.28 bits per heavy atom. The number of amides is 2. The third-order valence-corrected chi connectivity index (χ3v) is 4.02. The van der Waals surface area contributed by atoms with Crippen LogP contribution >= 0.6 is 0 Å². The second-order valence-electron chi connectivity index (χ2n) is 6.37. The summed E-state index contributed by atoms with van der Waals surface area (Å²) in [4.78, 5) is 16.3. The highest BCUT2D eigenvalue weighted by Gasteiger charge is 2.04. The van der Waals surface area contributed by atoms with E-state index in [1.54, 1.807) is 36.5 Å². The maximum Gasteiger partial charge on any atom is 0.323 e.